The second-order valence-electron chi connectivity index (χ2n) is 5.84. The summed E-state index contributed by atoms with van der Waals surface area (Å²) in [7, 11) is 1.68. The quantitative estimate of drug-likeness (QED) is 0.880. The molecule has 0 radical (unpaired) electrons. The predicted molar refractivity (Wildman–Crippen MR) is 82.2 cm³/mol. The van der Waals surface area contributed by atoms with Gasteiger partial charge in [0.05, 0.1) is 11.3 Å². The summed E-state index contributed by atoms with van der Waals surface area (Å²) in [6, 6.07) is 4.38. The Hall–Kier alpha value is -1.56. The van der Waals surface area contributed by atoms with E-state index in [0.29, 0.717) is 11.0 Å². The van der Waals surface area contributed by atoms with Crippen molar-refractivity contribution in [3.8, 4) is 0 Å². The predicted octanol–water partition coefficient (Wildman–Crippen LogP) is 3.66. The van der Waals surface area contributed by atoms with E-state index in [1.165, 1.54) is 11.0 Å². The fourth-order valence-corrected chi connectivity index (χ4v) is 2.16. The minimum Gasteiger partial charge on any atom is -0.478 e. The van der Waals surface area contributed by atoms with E-state index in [0.717, 1.165) is 0 Å². The van der Waals surface area contributed by atoms with Gasteiger partial charge >= 0.3 is 12.0 Å². The molecule has 5 nitrogen and oxygen atoms in total. The lowest BCUT2D eigenvalue weighted by atomic mass is 9.96. The molecule has 20 heavy (non-hydrogen) atoms. The first-order valence-electron chi connectivity index (χ1n) is 6.15. The highest BCUT2D eigenvalue weighted by Crippen LogP contribution is 2.22. The Labute approximate surface area is 127 Å². The summed E-state index contributed by atoms with van der Waals surface area (Å²) in [6.45, 7) is 6.65. The van der Waals surface area contributed by atoms with E-state index in [1.54, 1.807) is 19.2 Å². The molecule has 6 heteroatoms. The number of carbonyl (C=O) groups excluding carboxylic acids is 1. The van der Waals surface area contributed by atoms with Crippen LogP contribution in [0.1, 0.15) is 31.1 Å². The number of hydrogen-bond acceptors (Lipinski definition) is 2. The maximum absolute atomic E-state index is 12.1. The minimum absolute atomic E-state index is 0.0264. The van der Waals surface area contributed by atoms with E-state index in [1.807, 2.05) is 20.8 Å². The maximum Gasteiger partial charge on any atom is 0.337 e. The van der Waals surface area contributed by atoms with E-state index < -0.39 is 5.97 Å². The maximum atomic E-state index is 12.1. The van der Waals surface area contributed by atoms with Gasteiger partial charge in [-0.05, 0) is 23.6 Å². The molecule has 0 aliphatic heterocycles. The number of carboxylic acids is 1. The van der Waals surface area contributed by atoms with Crippen LogP contribution in [0.4, 0.5) is 10.5 Å². The highest BCUT2D eigenvalue weighted by atomic mass is 79.9. The fraction of sp³-hybridized carbons (Fsp3) is 0.429. The number of benzene rings is 1. The molecule has 1 rings (SSSR count). The van der Waals surface area contributed by atoms with Crippen LogP contribution in [0.3, 0.4) is 0 Å². The first kappa shape index (κ1) is 16.5. The van der Waals surface area contributed by atoms with E-state index in [2.05, 4.69) is 21.2 Å². The Bertz CT molecular complexity index is 524. The van der Waals surface area contributed by atoms with E-state index in [-0.39, 0.29) is 22.7 Å². The van der Waals surface area contributed by atoms with Crippen molar-refractivity contribution in [3.63, 3.8) is 0 Å². The van der Waals surface area contributed by atoms with E-state index in [9.17, 15) is 9.59 Å². The number of halogens is 1. The number of carboxylic acid groups (broad SMARTS) is 1. The minimum atomic E-state index is -1.08. The first-order chi connectivity index (χ1) is 9.10. The van der Waals surface area contributed by atoms with Gasteiger partial charge in [0.1, 0.15) is 0 Å². The smallest absolute Gasteiger partial charge is 0.337 e. The van der Waals surface area contributed by atoms with Gasteiger partial charge in [-0.3, -0.25) is 0 Å². The van der Waals surface area contributed by atoms with Crippen LogP contribution in [0.25, 0.3) is 0 Å². The van der Waals surface area contributed by atoms with Crippen LogP contribution >= 0.6 is 15.9 Å². The van der Waals surface area contributed by atoms with Gasteiger partial charge in [-0.1, -0.05) is 36.7 Å². The van der Waals surface area contributed by atoms with Gasteiger partial charge in [0.25, 0.3) is 0 Å². The molecule has 0 aliphatic carbocycles. The number of amides is 2. The van der Waals surface area contributed by atoms with Crippen LogP contribution in [-0.4, -0.2) is 35.6 Å². The summed E-state index contributed by atoms with van der Waals surface area (Å²) in [6.07, 6.45) is 0. The van der Waals surface area contributed by atoms with Crippen molar-refractivity contribution in [1.82, 2.24) is 4.90 Å². The summed E-state index contributed by atoms with van der Waals surface area (Å²) in [5, 5.41) is 11.8. The zero-order chi connectivity index (χ0) is 15.5. The molecule has 0 fully saturated rings. The summed E-state index contributed by atoms with van der Waals surface area (Å²) in [5.74, 6) is -1.08. The van der Waals surface area contributed by atoms with E-state index >= 15 is 0 Å². The number of rotatable bonds is 3. The van der Waals surface area contributed by atoms with Crippen LogP contribution in [-0.2, 0) is 0 Å². The van der Waals surface area contributed by atoms with Gasteiger partial charge in [0, 0.05) is 18.1 Å². The zero-order valence-electron chi connectivity index (χ0n) is 12.0. The molecule has 2 N–H and O–H groups in total. The number of aromatic carboxylic acids is 1. The molecule has 1 aromatic rings. The van der Waals surface area contributed by atoms with Crippen LogP contribution in [0.15, 0.2) is 22.7 Å². The molecule has 2 amide bonds. The second kappa shape index (κ2) is 6.26. The zero-order valence-corrected chi connectivity index (χ0v) is 13.6. The third kappa shape index (κ3) is 4.85. The third-order valence-electron chi connectivity index (χ3n) is 2.51. The van der Waals surface area contributed by atoms with Crippen LogP contribution < -0.4 is 5.32 Å². The van der Waals surface area contributed by atoms with Gasteiger partial charge < -0.3 is 15.3 Å². The van der Waals surface area contributed by atoms with Crippen molar-refractivity contribution in [2.24, 2.45) is 5.41 Å². The molecule has 1 aromatic carbocycles. The van der Waals surface area contributed by atoms with Gasteiger partial charge in [-0.2, -0.15) is 0 Å². The molecule has 110 valence electrons. The number of carbonyl (C=O) groups is 2. The Morgan fingerprint density at radius 2 is 1.95 bits per heavy atom. The lowest BCUT2D eigenvalue weighted by Crippen LogP contribution is -2.37. The van der Waals surface area contributed by atoms with Crippen molar-refractivity contribution in [1.29, 1.82) is 0 Å². The van der Waals surface area contributed by atoms with Crippen molar-refractivity contribution in [2.75, 3.05) is 18.9 Å². The Kier molecular flexibility index (Phi) is 5.16. The second-order valence-corrected chi connectivity index (χ2v) is 6.76. The van der Waals surface area contributed by atoms with Gasteiger partial charge in [-0.15, -0.1) is 0 Å². The van der Waals surface area contributed by atoms with Crippen LogP contribution in [0.2, 0.25) is 0 Å². The number of hydrogen-bond donors (Lipinski definition) is 2. The SMILES string of the molecule is CN(CC(C)(C)C)C(=O)Nc1ccc(Br)cc1C(=O)O. The number of nitrogens with zero attached hydrogens (tertiary/aromatic N) is 1. The number of urea groups is 1. The first-order valence-corrected chi connectivity index (χ1v) is 6.94. The highest BCUT2D eigenvalue weighted by molar-refractivity contribution is 9.10. The number of nitrogens with one attached hydrogen (secondary N) is 1. The average molecular weight is 343 g/mol. The van der Waals surface area contributed by atoms with Gasteiger partial charge in [0.15, 0.2) is 0 Å². The largest absolute Gasteiger partial charge is 0.478 e. The summed E-state index contributed by atoms with van der Waals surface area (Å²) >= 11 is 3.21. The van der Waals surface area contributed by atoms with Crippen LogP contribution in [0.5, 0.6) is 0 Å². The molecule has 0 atom stereocenters. The normalized spacial score (nSPS) is 11.1. The van der Waals surface area contributed by atoms with Crippen molar-refractivity contribution in [2.45, 2.75) is 20.8 Å². The Balaban J connectivity index is 2.88. The van der Waals surface area contributed by atoms with Gasteiger partial charge in [-0.25, -0.2) is 9.59 Å². The van der Waals surface area contributed by atoms with Crippen molar-refractivity contribution >= 4 is 33.6 Å². The van der Waals surface area contributed by atoms with Gasteiger partial charge in [0.2, 0.25) is 0 Å². The molecule has 0 heterocycles. The molecular formula is C14H19BrN2O3. The van der Waals surface area contributed by atoms with Crippen LogP contribution in [0, 0.1) is 5.41 Å². The summed E-state index contributed by atoms with van der Waals surface area (Å²) in [4.78, 5) is 24.8. The molecule has 0 aromatic heterocycles. The molecule has 0 saturated heterocycles. The fourth-order valence-electron chi connectivity index (χ4n) is 1.80. The average Bonchev–Trinajstić information content (AvgIpc) is 2.28. The lowest BCUT2D eigenvalue weighted by molar-refractivity contribution is 0.0698. The molecule has 0 unspecified atom stereocenters. The Morgan fingerprint density at radius 3 is 2.45 bits per heavy atom. The summed E-state index contributed by atoms with van der Waals surface area (Å²) in [5.41, 5.74) is 0.310. The highest BCUT2D eigenvalue weighted by Gasteiger charge is 2.19. The number of anilines is 1. The molecular weight excluding hydrogens is 324 g/mol. The topological polar surface area (TPSA) is 69.6 Å². The molecule has 0 saturated carbocycles. The third-order valence-corrected chi connectivity index (χ3v) is 3.01. The van der Waals surface area contributed by atoms with Crippen molar-refractivity contribution < 1.29 is 14.7 Å². The summed E-state index contributed by atoms with van der Waals surface area (Å²) < 4.78 is 0.649. The van der Waals surface area contributed by atoms with Crippen molar-refractivity contribution in [3.05, 3.63) is 28.2 Å². The molecule has 0 spiro atoms. The standard InChI is InChI=1S/C14H19BrN2O3/c1-14(2,3)8-17(4)13(20)16-11-6-5-9(15)7-10(11)12(18)19/h5-7H,8H2,1-4H3,(H,16,20)(H,18,19). The molecule has 0 aliphatic rings. The monoisotopic (exact) mass is 342 g/mol. The lowest BCUT2D eigenvalue weighted by Gasteiger charge is -2.27. The molecule has 0 bridgehead atoms. The Morgan fingerprint density at radius 1 is 1.35 bits per heavy atom. The van der Waals surface area contributed by atoms with E-state index in [4.69, 9.17) is 5.11 Å².